The highest BCUT2D eigenvalue weighted by atomic mass is 14.7. The third-order valence-corrected chi connectivity index (χ3v) is 1.82. The molecule has 0 N–H and O–H groups in total. The van der Waals surface area contributed by atoms with Gasteiger partial charge in [0.05, 0.1) is 0 Å². The van der Waals surface area contributed by atoms with Crippen molar-refractivity contribution in [3.63, 3.8) is 0 Å². The van der Waals surface area contributed by atoms with Crippen molar-refractivity contribution in [2.75, 3.05) is 0 Å². The van der Waals surface area contributed by atoms with Crippen LogP contribution in [0.5, 0.6) is 0 Å². The first-order valence-electron chi connectivity index (χ1n) is 4.87. The van der Waals surface area contributed by atoms with Gasteiger partial charge in [-0.1, -0.05) is 26.8 Å². The lowest BCUT2D eigenvalue weighted by Gasteiger charge is -2.04. The van der Waals surface area contributed by atoms with Crippen LogP contribution in [0.15, 0.2) is 17.3 Å². The predicted octanol–water partition coefficient (Wildman–Crippen LogP) is 3.81. The van der Waals surface area contributed by atoms with Gasteiger partial charge in [0, 0.05) is 11.9 Å². The fourth-order valence-electron chi connectivity index (χ4n) is 0.968. The van der Waals surface area contributed by atoms with Crippen molar-refractivity contribution in [1.29, 1.82) is 0 Å². The lowest BCUT2D eigenvalue weighted by Crippen LogP contribution is -1.98. The number of aliphatic imine (C=N–C) groups is 1. The molecular formula is C11H21N. The summed E-state index contributed by atoms with van der Waals surface area (Å²) in [6, 6.07) is 0. The molecule has 1 nitrogen and oxygen atoms in total. The van der Waals surface area contributed by atoms with E-state index in [2.05, 4.69) is 25.8 Å². The molecule has 0 amide bonds. The van der Waals surface area contributed by atoms with E-state index in [1.807, 2.05) is 19.2 Å². The summed E-state index contributed by atoms with van der Waals surface area (Å²) in [6.07, 6.45) is 7.35. The second-order valence-corrected chi connectivity index (χ2v) is 3.46. The van der Waals surface area contributed by atoms with Gasteiger partial charge in [-0.05, 0) is 32.1 Å². The van der Waals surface area contributed by atoms with Gasteiger partial charge < -0.3 is 0 Å². The molecule has 0 aliphatic carbocycles. The normalized spacial score (nSPS) is 13.2. The second kappa shape index (κ2) is 7.08. The Morgan fingerprint density at radius 3 is 2.50 bits per heavy atom. The van der Waals surface area contributed by atoms with E-state index in [1.165, 1.54) is 12.1 Å². The quantitative estimate of drug-likeness (QED) is 0.552. The van der Waals surface area contributed by atoms with Gasteiger partial charge in [0.15, 0.2) is 0 Å². The van der Waals surface area contributed by atoms with Crippen molar-refractivity contribution < 1.29 is 0 Å². The van der Waals surface area contributed by atoms with Crippen molar-refractivity contribution in [3.05, 3.63) is 12.3 Å². The van der Waals surface area contributed by atoms with E-state index in [9.17, 15) is 0 Å². The maximum absolute atomic E-state index is 4.37. The van der Waals surface area contributed by atoms with Crippen molar-refractivity contribution >= 4 is 5.71 Å². The van der Waals surface area contributed by atoms with Gasteiger partial charge in [0.2, 0.25) is 0 Å². The average Bonchev–Trinajstić information content (AvgIpc) is 2.05. The molecule has 0 spiro atoms. The van der Waals surface area contributed by atoms with E-state index in [0.29, 0.717) is 0 Å². The van der Waals surface area contributed by atoms with Gasteiger partial charge in [-0.2, -0.15) is 0 Å². The summed E-state index contributed by atoms with van der Waals surface area (Å²) in [6.45, 7) is 8.67. The Kier molecular flexibility index (Phi) is 6.73. The van der Waals surface area contributed by atoms with Crippen molar-refractivity contribution in [2.24, 2.45) is 10.9 Å². The molecule has 0 aliphatic heterocycles. The Labute approximate surface area is 76.6 Å². The third kappa shape index (κ3) is 6.14. The first-order valence-corrected chi connectivity index (χ1v) is 4.87. The summed E-state index contributed by atoms with van der Waals surface area (Å²) >= 11 is 0. The lowest BCUT2D eigenvalue weighted by atomic mass is 10.0. The standard InChI is InChI=1S/C11H21N/c1-5-9-12-11(6-2)8-7-10(3)4/h5,9-10H,6-8H2,1-4H3/b9-5-,12-11?. The van der Waals surface area contributed by atoms with Crippen molar-refractivity contribution in [1.82, 2.24) is 0 Å². The Bertz CT molecular complexity index is 154. The fraction of sp³-hybridized carbons (Fsp3) is 0.727. The molecule has 0 unspecified atom stereocenters. The van der Waals surface area contributed by atoms with Crippen LogP contribution in [-0.2, 0) is 0 Å². The van der Waals surface area contributed by atoms with Crippen LogP contribution < -0.4 is 0 Å². The summed E-state index contributed by atoms with van der Waals surface area (Å²) in [4.78, 5) is 4.37. The minimum absolute atomic E-state index is 0.785. The molecule has 0 fully saturated rings. The van der Waals surface area contributed by atoms with E-state index >= 15 is 0 Å². The molecule has 0 aromatic carbocycles. The minimum Gasteiger partial charge on any atom is -0.266 e. The topological polar surface area (TPSA) is 12.4 Å². The summed E-state index contributed by atoms with van der Waals surface area (Å²) in [5.41, 5.74) is 1.32. The molecule has 1 heteroatoms. The van der Waals surface area contributed by atoms with Crippen molar-refractivity contribution in [3.8, 4) is 0 Å². The lowest BCUT2D eigenvalue weighted by molar-refractivity contribution is 0.601. The Balaban J connectivity index is 3.82. The first-order chi connectivity index (χ1) is 5.70. The summed E-state index contributed by atoms with van der Waals surface area (Å²) in [5.74, 6) is 0.785. The van der Waals surface area contributed by atoms with Crippen LogP contribution >= 0.6 is 0 Å². The van der Waals surface area contributed by atoms with Gasteiger partial charge in [-0.15, -0.1) is 0 Å². The van der Waals surface area contributed by atoms with E-state index < -0.39 is 0 Å². The molecule has 0 saturated heterocycles. The molecule has 0 atom stereocenters. The van der Waals surface area contributed by atoms with Gasteiger partial charge >= 0.3 is 0 Å². The van der Waals surface area contributed by atoms with E-state index in [0.717, 1.165) is 18.8 Å². The number of hydrogen-bond donors (Lipinski definition) is 0. The summed E-state index contributed by atoms with van der Waals surface area (Å²) < 4.78 is 0. The zero-order valence-corrected chi connectivity index (χ0v) is 8.80. The molecule has 0 saturated carbocycles. The Morgan fingerprint density at radius 1 is 1.42 bits per heavy atom. The highest BCUT2D eigenvalue weighted by Gasteiger charge is 1.98. The van der Waals surface area contributed by atoms with Crippen LogP contribution in [0.4, 0.5) is 0 Å². The molecule has 0 radical (unpaired) electrons. The SMILES string of the molecule is C/C=C\N=C(CC)CCC(C)C. The number of hydrogen-bond acceptors (Lipinski definition) is 1. The zero-order valence-electron chi connectivity index (χ0n) is 8.80. The van der Waals surface area contributed by atoms with Crippen LogP contribution in [0.1, 0.15) is 47.0 Å². The maximum Gasteiger partial charge on any atom is 0.0224 e. The van der Waals surface area contributed by atoms with Crippen LogP contribution in [0.25, 0.3) is 0 Å². The van der Waals surface area contributed by atoms with Crippen LogP contribution in [0.3, 0.4) is 0 Å². The monoisotopic (exact) mass is 167 g/mol. The van der Waals surface area contributed by atoms with Gasteiger partial charge in [0.25, 0.3) is 0 Å². The summed E-state index contributed by atoms with van der Waals surface area (Å²) in [7, 11) is 0. The first kappa shape index (κ1) is 11.4. The highest BCUT2D eigenvalue weighted by Crippen LogP contribution is 2.06. The minimum atomic E-state index is 0.785. The molecule has 0 aromatic heterocycles. The molecule has 0 bridgehead atoms. The Morgan fingerprint density at radius 2 is 2.08 bits per heavy atom. The van der Waals surface area contributed by atoms with Gasteiger partial charge in [0.1, 0.15) is 0 Å². The number of allylic oxidation sites excluding steroid dienone is 1. The van der Waals surface area contributed by atoms with E-state index in [4.69, 9.17) is 0 Å². The molecule has 0 heterocycles. The smallest absolute Gasteiger partial charge is 0.0224 e. The van der Waals surface area contributed by atoms with Crippen LogP contribution in [0.2, 0.25) is 0 Å². The molecule has 0 rings (SSSR count). The third-order valence-electron chi connectivity index (χ3n) is 1.82. The zero-order chi connectivity index (χ0) is 9.40. The van der Waals surface area contributed by atoms with E-state index in [1.54, 1.807) is 0 Å². The largest absolute Gasteiger partial charge is 0.266 e. The summed E-state index contributed by atoms with van der Waals surface area (Å²) in [5, 5.41) is 0. The maximum atomic E-state index is 4.37. The highest BCUT2D eigenvalue weighted by molar-refractivity contribution is 5.84. The van der Waals surface area contributed by atoms with Gasteiger partial charge in [-0.3, -0.25) is 4.99 Å². The number of rotatable bonds is 5. The molecule has 70 valence electrons. The van der Waals surface area contributed by atoms with E-state index in [-0.39, 0.29) is 0 Å². The average molecular weight is 167 g/mol. The molecule has 0 aromatic rings. The molecule has 0 aliphatic rings. The Hall–Kier alpha value is -0.590. The molecule has 12 heavy (non-hydrogen) atoms. The van der Waals surface area contributed by atoms with Crippen LogP contribution in [-0.4, -0.2) is 5.71 Å². The van der Waals surface area contributed by atoms with Crippen LogP contribution in [0, 0.1) is 5.92 Å². The molecular weight excluding hydrogens is 146 g/mol. The number of nitrogens with zero attached hydrogens (tertiary/aromatic N) is 1. The predicted molar refractivity (Wildman–Crippen MR) is 56.6 cm³/mol. The fourth-order valence-corrected chi connectivity index (χ4v) is 0.968. The second-order valence-electron chi connectivity index (χ2n) is 3.46. The van der Waals surface area contributed by atoms with Gasteiger partial charge in [-0.25, -0.2) is 0 Å². The van der Waals surface area contributed by atoms with Crippen molar-refractivity contribution in [2.45, 2.75) is 47.0 Å².